The quantitative estimate of drug-likeness (QED) is 0.909. The minimum Gasteiger partial charge on any atom is -0.348 e. The predicted molar refractivity (Wildman–Crippen MR) is 82.2 cm³/mol. The van der Waals surface area contributed by atoms with Crippen LogP contribution in [0.15, 0.2) is 6.20 Å². The van der Waals surface area contributed by atoms with Gasteiger partial charge in [-0.2, -0.15) is 0 Å². The molecule has 21 heavy (non-hydrogen) atoms. The predicted octanol–water partition coefficient (Wildman–Crippen LogP) is 3.08. The fraction of sp³-hybridized carbons (Fsp3) is 0.706. The molecule has 1 saturated carbocycles. The molecule has 0 radical (unpaired) electrons. The van der Waals surface area contributed by atoms with E-state index in [4.69, 9.17) is 0 Å². The molecular formula is C17H25N3O. The van der Waals surface area contributed by atoms with Crippen molar-refractivity contribution in [3.8, 4) is 0 Å². The van der Waals surface area contributed by atoms with E-state index in [0.717, 1.165) is 36.6 Å². The number of aromatic nitrogens is 2. The average molecular weight is 287 g/mol. The smallest absolute Gasteiger partial charge is 0.271 e. The second kappa shape index (κ2) is 5.74. The van der Waals surface area contributed by atoms with Crippen LogP contribution in [-0.2, 0) is 6.42 Å². The summed E-state index contributed by atoms with van der Waals surface area (Å²) in [6, 6.07) is 0.306. The number of rotatable bonds is 2. The Morgan fingerprint density at radius 1 is 1.19 bits per heavy atom. The first-order valence-corrected chi connectivity index (χ1v) is 8.21. The summed E-state index contributed by atoms with van der Waals surface area (Å²) in [4.78, 5) is 21.4. The van der Waals surface area contributed by atoms with Crippen molar-refractivity contribution in [1.29, 1.82) is 0 Å². The maximum Gasteiger partial charge on any atom is 0.271 e. The van der Waals surface area contributed by atoms with Crippen molar-refractivity contribution in [2.75, 3.05) is 0 Å². The Bertz CT molecular complexity index is 535. The fourth-order valence-electron chi connectivity index (χ4n) is 3.47. The summed E-state index contributed by atoms with van der Waals surface area (Å²) >= 11 is 0. The molecule has 4 heteroatoms. The molecule has 3 rings (SSSR count). The molecule has 1 aromatic heterocycles. The Morgan fingerprint density at radius 3 is 2.62 bits per heavy atom. The maximum absolute atomic E-state index is 12.4. The maximum atomic E-state index is 12.4. The lowest BCUT2D eigenvalue weighted by atomic mass is 9.87. The third-order valence-corrected chi connectivity index (χ3v) is 5.26. The highest BCUT2D eigenvalue weighted by molar-refractivity contribution is 5.92. The van der Waals surface area contributed by atoms with E-state index < -0.39 is 0 Å². The summed E-state index contributed by atoms with van der Waals surface area (Å²) in [6.07, 6.45) is 7.19. The molecular weight excluding hydrogens is 262 g/mol. The van der Waals surface area contributed by atoms with Crippen LogP contribution in [0.25, 0.3) is 0 Å². The summed E-state index contributed by atoms with van der Waals surface area (Å²) in [5.74, 6) is 1.70. The van der Waals surface area contributed by atoms with Crippen molar-refractivity contribution < 1.29 is 4.79 Å². The molecule has 2 atom stereocenters. The molecule has 2 unspecified atom stereocenters. The Morgan fingerprint density at radius 2 is 1.90 bits per heavy atom. The number of carbonyl (C=O) groups is 1. The van der Waals surface area contributed by atoms with Gasteiger partial charge in [-0.05, 0) is 43.9 Å². The lowest BCUT2D eigenvalue weighted by molar-refractivity contribution is 0.0917. The topological polar surface area (TPSA) is 54.9 Å². The fourth-order valence-corrected chi connectivity index (χ4v) is 3.47. The van der Waals surface area contributed by atoms with Gasteiger partial charge in [0.2, 0.25) is 0 Å². The number of hydrogen-bond donors (Lipinski definition) is 1. The molecule has 1 aromatic rings. The number of amides is 1. The number of hydrogen-bond acceptors (Lipinski definition) is 3. The van der Waals surface area contributed by atoms with Crippen LogP contribution in [0.2, 0.25) is 0 Å². The van der Waals surface area contributed by atoms with E-state index in [2.05, 4.69) is 36.1 Å². The van der Waals surface area contributed by atoms with Gasteiger partial charge in [-0.15, -0.1) is 0 Å². The molecule has 0 aromatic carbocycles. The third kappa shape index (κ3) is 2.94. The van der Waals surface area contributed by atoms with Crippen molar-refractivity contribution in [2.24, 2.45) is 11.8 Å². The molecule has 0 spiro atoms. The molecule has 0 bridgehead atoms. The van der Waals surface area contributed by atoms with Gasteiger partial charge in [-0.3, -0.25) is 9.78 Å². The Hall–Kier alpha value is -1.45. The molecule has 1 fully saturated rings. The van der Waals surface area contributed by atoms with Gasteiger partial charge in [0.05, 0.1) is 17.6 Å². The van der Waals surface area contributed by atoms with Gasteiger partial charge in [0, 0.05) is 12.0 Å². The van der Waals surface area contributed by atoms with E-state index >= 15 is 0 Å². The highest BCUT2D eigenvalue weighted by atomic mass is 16.1. The van der Waals surface area contributed by atoms with Gasteiger partial charge in [-0.25, -0.2) is 4.98 Å². The van der Waals surface area contributed by atoms with Crippen LogP contribution in [0.5, 0.6) is 0 Å². The first kappa shape index (κ1) is 14.5. The first-order chi connectivity index (χ1) is 10.0. The lowest BCUT2D eigenvalue weighted by Gasteiger charge is -2.26. The van der Waals surface area contributed by atoms with Crippen molar-refractivity contribution in [1.82, 2.24) is 15.3 Å². The van der Waals surface area contributed by atoms with Crippen molar-refractivity contribution in [3.63, 3.8) is 0 Å². The second-order valence-corrected chi connectivity index (χ2v) is 6.99. The largest absolute Gasteiger partial charge is 0.348 e. The normalized spacial score (nSPS) is 31.8. The van der Waals surface area contributed by atoms with E-state index in [1.54, 1.807) is 6.20 Å². The Labute approximate surface area is 126 Å². The summed E-state index contributed by atoms with van der Waals surface area (Å²) in [5, 5.41) is 3.13. The Kier molecular flexibility index (Phi) is 3.96. The molecule has 2 aliphatic rings. The zero-order chi connectivity index (χ0) is 15.0. The van der Waals surface area contributed by atoms with E-state index in [9.17, 15) is 4.79 Å². The first-order valence-electron chi connectivity index (χ1n) is 8.21. The number of nitrogens with one attached hydrogen (secondary N) is 1. The average Bonchev–Trinajstić information content (AvgIpc) is 2.76. The number of fused-ring (bicyclic) bond motifs is 1. The zero-order valence-corrected chi connectivity index (χ0v) is 13.2. The summed E-state index contributed by atoms with van der Waals surface area (Å²) in [6.45, 7) is 6.68. The molecule has 4 nitrogen and oxygen atoms in total. The van der Waals surface area contributed by atoms with Crippen molar-refractivity contribution in [3.05, 3.63) is 23.3 Å². The minimum atomic E-state index is -0.0587. The molecule has 1 N–H and O–H groups in total. The van der Waals surface area contributed by atoms with Crippen LogP contribution >= 0.6 is 0 Å². The van der Waals surface area contributed by atoms with Gasteiger partial charge in [0.15, 0.2) is 0 Å². The van der Waals surface area contributed by atoms with Gasteiger partial charge in [0.1, 0.15) is 5.69 Å². The second-order valence-electron chi connectivity index (χ2n) is 6.99. The molecule has 2 aliphatic carbocycles. The molecule has 1 amide bonds. The minimum absolute atomic E-state index is 0.0587. The van der Waals surface area contributed by atoms with E-state index in [0.29, 0.717) is 23.6 Å². The zero-order valence-electron chi connectivity index (χ0n) is 13.2. The number of carbonyl (C=O) groups excluding carboxylic acids is 1. The van der Waals surface area contributed by atoms with Gasteiger partial charge < -0.3 is 5.32 Å². The van der Waals surface area contributed by atoms with E-state index in [1.165, 1.54) is 12.8 Å². The molecule has 0 aliphatic heterocycles. The highest BCUT2D eigenvalue weighted by Crippen LogP contribution is 2.34. The van der Waals surface area contributed by atoms with E-state index in [1.807, 2.05) is 0 Å². The SMILES string of the molecule is CC1CCC(NC(=O)c2cnc3c(n2)C(C)C(C)C3)CC1. The third-order valence-electron chi connectivity index (χ3n) is 5.26. The van der Waals surface area contributed by atoms with Gasteiger partial charge in [0.25, 0.3) is 5.91 Å². The van der Waals surface area contributed by atoms with Gasteiger partial charge in [-0.1, -0.05) is 20.8 Å². The molecule has 1 heterocycles. The van der Waals surface area contributed by atoms with Crippen LogP contribution in [0.4, 0.5) is 0 Å². The number of nitrogens with zero attached hydrogens (tertiary/aromatic N) is 2. The standard InChI is InChI=1S/C17H25N3O/c1-10-4-6-13(7-5-10)19-17(21)15-9-18-14-8-11(2)12(3)16(14)20-15/h9-13H,4-8H2,1-3H3,(H,19,21). The van der Waals surface area contributed by atoms with Crippen molar-refractivity contribution in [2.45, 2.75) is 64.8 Å². The lowest BCUT2D eigenvalue weighted by Crippen LogP contribution is -2.37. The summed E-state index contributed by atoms with van der Waals surface area (Å²) in [5.41, 5.74) is 2.57. The monoisotopic (exact) mass is 287 g/mol. The van der Waals surface area contributed by atoms with Crippen LogP contribution < -0.4 is 5.32 Å². The van der Waals surface area contributed by atoms with Crippen LogP contribution in [-0.4, -0.2) is 21.9 Å². The van der Waals surface area contributed by atoms with Crippen LogP contribution in [0, 0.1) is 11.8 Å². The van der Waals surface area contributed by atoms with Gasteiger partial charge >= 0.3 is 0 Å². The van der Waals surface area contributed by atoms with Crippen LogP contribution in [0.3, 0.4) is 0 Å². The summed E-state index contributed by atoms with van der Waals surface area (Å²) < 4.78 is 0. The van der Waals surface area contributed by atoms with Crippen molar-refractivity contribution >= 4 is 5.91 Å². The van der Waals surface area contributed by atoms with E-state index in [-0.39, 0.29) is 5.91 Å². The summed E-state index contributed by atoms with van der Waals surface area (Å²) in [7, 11) is 0. The van der Waals surface area contributed by atoms with Crippen LogP contribution in [0.1, 0.15) is 74.2 Å². The Balaban J connectivity index is 1.69. The molecule has 0 saturated heterocycles. The molecule has 114 valence electrons. The highest BCUT2D eigenvalue weighted by Gasteiger charge is 2.29.